The molecule has 0 spiro atoms. The molecule has 0 radical (unpaired) electrons. The summed E-state index contributed by atoms with van der Waals surface area (Å²) in [4.78, 5) is 25.2. The lowest BCUT2D eigenvalue weighted by Gasteiger charge is -2.12. The predicted molar refractivity (Wildman–Crippen MR) is 109 cm³/mol. The van der Waals surface area contributed by atoms with Crippen molar-refractivity contribution in [2.75, 3.05) is 0 Å². The maximum atomic E-state index is 12.6. The zero-order valence-corrected chi connectivity index (χ0v) is 16.9. The molecule has 0 aliphatic rings. The molecule has 0 saturated heterocycles. The Labute approximate surface area is 162 Å². The van der Waals surface area contributed by atoms with E-state index in [1.807, 2.05) is 38.1 Å². The first-order valence-electron chi connectivity index (χ1n) is 9.93. The van der Waals surface area contributed by atoms with Gasteiger partial charge in [-0.15, -0.1) is 0 Å². The highest BCUT2D eigenvalue weighted by molar-refractivity contribution is 6.04. The van der Waals surface area contributed by atoms with Gasteiger partial charge in [-0.25, -0.2) is 9.59 Å². The number of hydrogen-bond donors (Lipinski definition) is 0. The van der Waals surface area contributed by atoms with Crippen molar-refractivity contribution in [2.45, 2.75) is 66.2 Å². The summed E-state index contributed by atoms with van der Waals surface area (Å²) in [6.07, 6.45) is 6.19. The van der Waals surface area contributed by atoms with E-state index in [0.717, 1.165) is 60.8 Å². The predicted octanol–water partition coefficient (Wildman–Crippen LogP) is 5.99. The standard InChI is InChI=1S/C24H30O3/c1-5-7-11-19-13-9-15-21(17(19)3)23(25)27-24(26)22-16-10-14-20(18(22)4)12-8-6-2/h9-10,13-16H,5-8,11-12H2,1-4H3. The topological polar surface area (TPSA) is 43.4 Å². The van der Waals surface area contributed by atoms with E-state index in [1.165, 1.54) is 0 Å². The zero-order valence-electron chi connectivity index (χ0n) is 16.9. The van der Waals surface area contributed by atoms with Crippen LogP contribution < -0.4 is 0 Å². The van der Waals surface area contributed by atoms with Crippen molar-refractivity contribution in [1.82, 2.24) is 0 Å². The average molecular weight is 367 g/mol. The number of esters is 2. The molecule has 0 saturated carbocycles. The van der Waals surface area contributed by atoms with Crippen molar-refractivity contribution in [3.05, 3.63) is 69.8 Å². The third kappa shape index (κ3) is 5.29. The van der Waals surface area contributed by atoms with Gasteiger partial charge in [0.1, 0.15) is 0 Å². The summed E-state index contributed by atoms with van der Waals surface area (Å²) in [6, 6.07) is 11.2. The fourth-order valence-corrected chi connectivity index (χ4v) is 3.28. The van der Waals surface area contributed by atoms with Gasteiger partial charge in [0.2, 0.25) is 0 Å². The van der Waals surface area contributed by atoms with E-state index in [-0.39, 0.29) is 0 Å². The van der Waals surface area contributed by atoms with Crippen molar-refractivity contribution in [1.29, 1.82) is 0 Å². The zero-order chi connectivity index (χ0) is 19.8. The van der Waals surface area contributed by atoms with Gasteiger partial charge in [-0.3, -0.25) is 0 Å². The van der Waals surface area contributed by atoms with Gasteiger partial charge in [-0.1, -0.05) is 51.0 Å². The maximum Gasteiger partial charge on any atom is 0.346 e. The van der Waals surface area contributed by atoms with Crippen LogP contribution in [-0.2, 0) is 17.6 Å². The van der Waals surface area contributed by atoms with E-state index in [2.05, 4.69) is 13.8 Å². The van der Waals surface area contributed by atoms with Gasteiger partial charge in [0.15, 0.2) is 0 Å². The monoisotopic (exact) mass is 366 g/mol. The molecule has 0 bridgehead atoms. The van der Waals surface area contributed by atoms with Crippen LogP contribution in [0, 0.1) is 13.8 Å². The number of hydrogen-bond acceptors (Lipinski definition) is 3. The molecule has 0 amide bonds. The van der Waals surface area contributed by atoms with Crippen LogP contribution in [0.5, 0.6) is 0 Å². The minimum Gasteiger partial charge on any atom is -0.386 e. The summed E-state index contributed by atoms with van der Waals surface area (Å²) >= 11 is 0. The average Bonchev–Trinajstić information content (AvgIpc) is 2.66. The first-order valence-corrected chi connectivity index (χ1v) is 9.93. The number of benzene rings is 2. The Morgan fingerprint density at radius 3 is 1.52 bits per heavy atom. The number of rotatable bonds is 8. The van der Waals surface area contributed by atoms with Crippen LogP contribution in [0.4, 0.5) is 0 Å². The number of ether oxygens (including phenoxy) is 1. The molecule has 144 valence electrons. The third-order valence-electron chi connectivity index (χ3n) is 5.12. The highest BCUT2D eigenvalue weighted by Crippen LogP contribution is 2.20. The van der Waals surface area contributed by atoms with E-state index in [9.17, 15) is 9.59 Å². The smallest absolute Gasteiger partial charge is 0.346 e. The molecule has 0 N–H and O–H groups in total. The number of aryl methyl sites for hydroxylation is 2. The van der Waals surface area contributed by atoms with Crippen LogP contribution in [0.25, 0.3) is 0 Å². The van der Waals surface area contributed by atoms with Crippen molar-refractivity contribution < 1.29 is 14.3 Å². The Kier molecular flexibility index (Phi) is 7.78. The largest absolute Gasteiger partial charge is 0.386 e. The van der Waals surface area contributed by atoms with Crippen LogP contribution in [-0.4, -0.2) is 11.9 Å². The van der Waals surface area contributed by atoms with E-state index in [4.69, 9.17) is 4.74 Å². The molecule has 0 atom stereocenters. The molecule has 3 heteroatoms. The maximum absolute atomic E-state index is 12.6. The van der Waals surface area contributed by atoms with Crippen LogP contribution in [0.2, 0.25) is 0 Å². The lowest BCUT2D eigenvalue weighted by Crippen LogP contribution is -2.16. The number of carbonyl (C=O) groups excluding carboxylic acids is 2. The Hall–Kier alpha value is -2.42. The van der Waals surface area contributed by atoms with Crippen molar-refractivity contribution in [3.63, 3.8) is 0 Å². The number of unbranched alkanes of at least 4 members (excludes halogenated alkanes) is 2. The normalized spacial score (nSPS) is 10.7. The van der Waals surface area contributed by atoms with E-state index in [1.54, 1.807) is 12.1 Å². The van der Waals surface area contributed by atoms with E-state index in [0.29, 0.717) is 11.1 Å². The van der Waals surface area contributed by atoms with Gasteiger partial charge in [0.25, 0.3) is 0 Å². The second-order valence-electron chi connectivity index (χ2n) is 7.06. The van der Waals surface area contributed by atoms with Gasteiger partial charge < -0.3 is 4.74 Å². The molecular weight excluding hydrogens is 336 g/mol. The second-order valence-corrected chi connectivity index (χ2v) is 7.06. The number of carbonyl (C=O) groups is 2. The molecule has 3 nitrogen and oxygen atoms in total. The summed E-state index contributed by atoms with van der Waals surface area (Å²) in [5, 5.41) is 0. The summed E-state index contributed by atoms with van der Waals surface area (Å²) in [5.74, 6) is -1.15. The van der Waals surface area contributed by atoms with Crippen LogP contribution >= 0.6 is 0 Å². The first-order chi connectivity index (χ1) is 13.0. The Bertz CT molecular complexity index is 738. The molecule has 0 aromatic heterocycles. The summed E-state index contributed by atoms with van der Waals surface area (Å²) in [6.45, 7) is 8.12. The first kappa shape index (κ1) is 20.9. The minimum atomic E-state index is -0.575. The molecule has 2 rings (SSSR count). The fraction of sp³-hybridized carbons (Fsp3) is 0.417. The molecule has 0 fully saturated rings. The van der Waals surface area contributed by atoms with E-state index >= 15 is 0 Å². The van der Waals surface area contributed by atoms with Crippen molar-refractivity contribution >= 4 is 11.9 Å². The van der Waals surface area contributed by atoms with Gasteiger partial charge in [0, 0.05) is 0 Å². The van der Waals surface area contributed by atoms with Crippen LogP contribution in [0.15, 0.2) is 36.4 Å². The van der Waals surface area contributed by atoms with Gasteiger partial charge >= 0.3 is 11.9 Å². The highest BCUT2D eigenvalue weighted by atomic mass is 16.6. The molecule has 27 heavy (non-hydrogen) atoms. The highest BCUT2D eigenvalue weighted by Gasteiger charge is 2.20. The SMILES string of the molecule is CCCCc1cccc(C(=O)OC(=O)c2cccc(CCCC)c2C)c1C. The quantitative estimate of drug-likeness (QED) is 0.426. The van der Waals surface area contributed by atoms with Gasteiger partial charge in [-0.2, -0.15) is 0 Å². The molecular formula is C24H30O3. The van der Waals surface area contributed by atoms with Crippen molar-refractivity contribution in [2.24, 2.45) is 0 Å². The lowest BCUT2D eigenvalue weighted by molar-refractivity contribution is 0.0396. The van der Waals surface area contributed by atoms with Crippen LogP contribution in [0.3, 0.4) is 0 Å². The second kappa shape index (κ2) is 10.1. The molecule has 2 aromatic carbocycles. The molecule has 0 aliphatic carbocycles. The fourth-order valence-electron chi connectivity index (χ4n) is 3.28. The van der Waals surface area contributed by atoms with E-state index < -0.39 is 11.9 Å². The Morgan fingerprint density at radius 1 is 0.741 bits per heavy atom. The summed E-state index contributed by atoms with van der Waals surface area (Å²) in [7, 11) is 0. The molecule has 0 heterocycles. The van der Waals surface area contributed by atoms with Crippen LogP contribution in [0.1, 0.15) is 82.5 Å². The molecule has 2 aromatic rings. The third-order valence-corrected chi connectivity index (χ3v) is 5.12. The summed E-state index contributed by atoms with van der Waals surface area (Å²) in [5.41, 5.74) is 5.01. The Morgan fingerprint density at radius 2 is 1.15 bits per heavy atom. The summed E-state index contributed by atoms with van der Waals surface area (Å²) < 4.78 is 5.23. The van der Waals surface area contributed by atoms with Gasteiger partial charge in [0.05, 0.1) is 11.1 Å². The minimum absolute atomic E-state index is 0.469. The Balaban J connectivity index is 2.18. The lowest BCUT2D eigenvalue weighted by atomic mass is 9.98. The molecule has 0 aliphatic heterocycles. The van der Waals surface area contributed by atoms with Crippen molar-refractivity contribution in [3.8, 4) is 0 Å². The molecule has 0 unspecified atom stereocenters. The van der Waals surface area contributed by atoms with Gasteiger partial charge in [-0.05, 0) is 73.9 Å².